The van der Waals surface area contributed by atoms with Gasteiger partial charge in [0, 0.05) is 16.7 Å². The maximum Gasteiger partial charge on any atom is 0.489 e. The Morgan fingerprint density at radius 2 is 1.83 bits per heavy atom. The summed E-state index contributed by atoms with van der Waals surface area (Å²) in [7, 11) is -6.02. The number of hydrogen-bond donors (Lipinski definition) is 4. The zero-order valence-electron chi connectivity index (χ0n) is 14.3. The van der Waals surface area contributed by atoms with E-state index in [1.807, 2.05) is 0 Å². The largest absolute Gasteiger partial charge is 0.489 e. The average molecular weight is 358 g/mol. The molecular formula is C14H23BN2O6S. The van der Waals surface area contributed by atoms with Crippen LogP contribution >= 0.6 is 0 Å². The third kappa shape index (κ3) is 6.12. The highest BCUT2D eigenvalue weighted by molar-refractivity contribution is 7.89. The molecule has 0 saturated carbocycles. The van der Waals surface area contributed by atoms with Gasteiger partial charge in [0.2, 0.25) is 10.0 Å². The van der Waals surface area contributed by atoms with Gasteiger partial charge in [0.05, 0.1) is 11.0 Å². The van der Waals surface area contributed by atoms with E-state index in [4.69, 9.17) is 4.74 Å². The summed E-state index contributed by atoms with van der Waals surface area (Å²) in [5.41, 5.74) is -0.815. The molecule has 24 heavy (non-hydrogen) atoms. The molecule has 0 atom stereocenters. The first kappa shape index (κ1) is 20.4. The number of amides is 1. The zero-order valence-corrected chi connectivity index (χ0v) is 15.1. The van der Waals surface area contributed by atoms with Crippen LogP contribution < -0.4 is 15.5 Å². The van der Waals surface area contributed by atoms with Crippen LogP contribution in [0.4, 0.5) is 10.5 Å². The zero-order chi connectivity index (χ0) is 18.7. The summed E-state index contributed by atoms with van der Waals surface area (Å²) in [4.78, 5) is 11.3. The fourth-order valence-electron chi connectivity index (χ4n) is 1.88. The third-order valence-electron chi connectivity index (χ3n) is 2.61. The van der Waals surface area contributed by atoms with E-state index in [9.17, 15) is 23.3 Å². The van der Waals surface area contributed by atoms with Gasteiger partial charge in [0.15, 0.2) is 0 Å². The Bertz CT molecular complexity index is 698. The number of carbonyl (C=O) groups excluding carboxylic acids is 1. The second-order valence-electron chi connectivity index (χ2n) is 6.56. The van der Waals surface area contributed by atoms with Crippen molar-refractivity contribution in [2.75, 3.05) is 5.32 Å². The molecule has 0 aliphatic rings. The van der Waals surface area contributed by atoms with Gasteiger partial charge in [-0.3, -0.25) is 5.32 Å². The van der Waals surface area contributed by atoms with Crippen LogP contribution in [0.5, 0.6) is 0 Å². The Morgan fingerprint density at radius 1 is 1.25 bits per heavy atom. The van der Waals surface area contributed by atoms with Crippen molar-refractivity contribution in [1.29, 1.82) is 0 Å². The van der Waals surface area contributed by atoms with Gasteiger partial charge < -0.3 is 14.8 Å². The molecule has 10 heteroatoms. The summed E-state index contributed by atoms with van der Waals surface area (Å²) in [6.07, 6.45) is -1.08. The minimum Gasteiger partial charge on any atom is -0.447 e. The van der Waals surface area contributed by atoms with Crippen molar-refractivity contribution in [2.45, 2.75) is 51.2 Å². The molecule has 0 unspecified atom stereocenters. The van der Waals surface area contributed by atoms with Crippen LogP contribution in [0.3, 0.4) is 0 Å². The van der Waals surface area contributed by atoms with Gasteiger partial charge in [-0.05, 0) is 46.8 Å². The van der Waals surface area contributed by atoms with Crippen LogP contribution in [0, 0.1) is 0 Å². The van der Waals surface area contributed by atoms with Crippen LogP contribution in [-0.2, 0) is 14.8 Å². The third-order valence-corrected chi connectivity index (χ3v) is 4.42. The minimum atomic E-state index is -4.04. The van der Waals surface area contributed by atoms with Crippen molar-refractivity contribution < 1.29 is 28.0 Å². The molecule has 8 nitrogen and oxygen atoms in total. The highest BCUT2D eigenvalue weighted by Crippen LogP contribution is 2.17. The summed E-state index contributed by atoms with van der Waals surface area (Å²) in [6, 6.07) is 3.71. The monoisotopic (exact) mass is 358 g/mol. The number of rotatable bonds is 5. The predicted molar refractivity (Wildman–Crippen MR) is 91.6 cm³/mol. The summed E-state index contributed by atoms with van der Waals surface area (Å²) in [5.74, 6) is 0. The van der Waals surface area contributed by atoms with E-state index in [1.165, 1.54) is 12.1 Å². The molecule has 0 aliphatic heterocycles. The first-order valence-electron chi connectivity index (χ1n) is 7.33. The number of hydrogen-bond acceptors (Lipinski definition) is 6. The van der Waals surface area contributed by atoms with E-state index >= 15 is 0 Å². The van der Waals surface area contributed by atoms with Crippen LogP contribution in [-0.4, -0.2) is 43.3 Å². The van der Waals surface area contributed by atoms with Crippen LogP contribution in [0.15, 0.2) is 23.1 Å². The molecule has 0 radical (unpaired) electrons. The number of carbonyl (C=O) groups is 1. The van der Waals surface area contributed by atoms with Crippen molar-refractivity contribution in [1.82, 2.24) is 4.72 Å². The first-order valence-corrected chi connectivity index (χ1v) is 8.82. The lowest BCUT2D eigenvalue weighted by molar-refractivity contribution is 0.130. The topological polar surface area (TPSA) is 125 Å². The Hall–Kier alpha value is -1.62. The predicted octanol–water partition coefficient (Wildman–Crippen LogP) is 0.400. The average Bonchev–Trinajstić information content (AvgIpc) is 2.34. The standard InChI is InChI=1S/C14H23BN2O6S/c1-9(2)23-13(18)16-10-6-7-11(15(19)20)12(8-10)24(21,22)17-14(3,4)5/h6-9,17,19-20H,1-5H3,(H,16,18). The van der Waals surface area contributed by atoms with Crippen molar-refractivity contribution in [2.24, 2.45) is 0 Å². The van der Waals surface area contributed by atoms with Crippen molar-refractivity contribution in [3.63, 3.8) is 0 Å². The number of benzene rings is 1. The Balaban J connectivity index is 3.25. The number of anilines is 1. The first-order chi connectivity index (χ1) is 10.8. The molecule has 4 N–H and O–H groups in total. The molecular weight excluding hydrogens is 335 g/mol. The second-order valence-corrected chi connectivity index (χ2v) is 8.21. The van der Waals surface area contributed by atoms with Gasteiger partial charge in [-0.2, -0.15) is 0 Å². The van der Waals surface area contributed by atoms with Crippen molar-refractivity contribution in [3.05, 3.63) is 18.2 Å². The molecule has 0 fully saturated rings. The molecule has 1 aromatic rings. The van der Waals surface area contributed by atoms with Crippen molar-refractivity contribution in [3.8, 4) is 0 Å². The van der Waals surface area contributed by atoms with Crippen LogP contribution in [0.25, 0.3) is 0 Å². The fourth-order valence-corrected chi connectivity index (χ4v) is 3.56. The van der Waals surface area contributed by atoms with E-state index < -0.39 is 28.8 Å². The van der Waals surface area contributed by atoms with Crippen molar-refractivity contribution >= 4 is 34.4 Å². The summed E-state index contributed by atoms with van der Waals surface area (Å²) < 4.78 is 32.4. The van der Waals surface area contributed by atoms with Gasteiger partial charge in [-0.15, -0.1) is 0 Å². The summed E-state index contributed by atoms with van der Waals surface area (Å²) in [6.45, 7) is 8.31. The Labute approximate surface area is 142 Å². The fraction of sp³-hybridized carbons (Fsp3) is 0.500. The summed E-state index contributed by atoms with van der Waals surface area (Å²) in [5, 5.41) is 21.2. The molecule has 134 valence electrons. The normalized spacial score (nSPS) is 12.2. The van der Waals surface area contributed by atoms with E-state index in [-0.39, 0.29) is 22.1 Å². The molecule has 0 aliphatic carbocycles. The second kappa shape index (κ2) is 7.52. The lowest BCUT2D eigenvalue weighted by Crippen LogP contribution is -2.44. The van der Waals surface area contributed by atoms with Gasteiger partial charge in [0.25, 0.3) is 0 Å². The molecule has 0 heterocycles. The maximum absolute atomic E-state index is 12.5. The molecule has 1 rings (SSSR count). The van der Waals surface area contributed by atoms with E-state index in [1.54, 1.807) is 34.6 Å². The molecule has 1 amide bonds. The lowest BCUT2D eigenvalue weighted by atomic mass is 9.80. The smallest absolute Gasteiger partial charge is 0.447 e. The minimum absolute atomic E-state index is 0.152. The van der Waals surface area contributed by atoms with Gasteiger partial charge in [0.1, 0.15) is 0 Å². The number of ether oxygens (including phenoxy) is 1. The lowest BCUT2D eigenvalue weighted by Gasteiger charge is -2.22. The van der Waals surface area contributed by atoms with E-state index in [0.29, 0.717) is 0 Å². The van der Waals surface area contributed by atoms with E-state index in [2.05, 4.69) is 10.0 Å². The SMILES string of the molecule is CC(C)OC(=O)Nc1ccc(B(O)O)c(S(=O)(=O)NC(C)(C)C)c1. The van der Waals surface area contributed by atoms with Crippen LogP contribution in [0.1, 0.15) is 34.6 Å². The summed E-state index contributed by atoms with van der Waals surface area (Å²) >= 11 is 0. The van der Waals surface area contributed by atoms with Crippen LogP contribution in [0.2, 0.25) is 0 Å². The van der Waals surface area contributed by atoms with E-state index in [0.717, 1.165) is 6.07 Å². The number of nitrogens with one attached hydrogen (secondary N) is 2. The van der Waals surface area contributed by atoms with Gasteiger partial charge in [-0.25, -0.2) is 17.9 Å². The van der Waals surface area contributed by atoms with Gasteiger partial charge >= 0.3 is 13.2 Å². The Kier molecular flexibility index (Phi) is 6.40. The highest BCUT2D eigenvalue weighted by atomic mass is 32.2. The number of sulfonamides is 1. The molecule has 0 spiro atoms. The highest BCUT2D eigenvalue weighted by Gasteiger charge is 2.29. The van der Waals surface area contributed by atoms with Gasteiger partial charge in [-0.1, -0.05) is 6.07 Å². The Morgan fingerprint density at radius 3 is 2.29 bits per heavy atom. The molecule has 1 aromatic carbocycles. The molecule has 0 saturated heterocycles. The molecule has 0 aromatic heterocycles. The quantitative estimate of drug-likeness (QED) is 0.565. The maximum atomic E-state index is 12.5. The molecule has 0 bridgehead atoms.